The topological polar surface area (TPSA) is 340 Å². The van der Waals surface area contributed by atoms with Crippen molar-refractivity contribution in [2.75, 3.05) is 13.7 Å². The highest BCUT2D eigenvalue weighted by atomic mass is 79.9. The Morgan fingerprint density at radius 2 is 0.704 bits per heavy atom. The molecule has 456 valence electrons. The molecule has 30 heteroatoms. The van der Waals surface area contributed by atoms with E-state index in [9.17, 15) is 38.4 Å². The van der Waals surface area contributed by atoms with Crippen LogP contribution in [0.25, 0.3) is 0 Å². The summed E-state index contributed by atoms with van der Waals surface area (Å²) in [7, 11) is 6.18. The number of nitriles is 1. The maximum Gasteiger partial charge on any atom is 0.420 e. The molecule has 0 aromatic carbocycles. The zero-order chi connectivity index (χ0) is 63.9. The van der Waals surface area contributed by atoms with Gasteiger partial charge in [-0.2, -0.15) is 20.6 Å². The first kappa shape index (κ1) is 74.7. The normalized spacial score (nSPS) is 11.5. The fourth-order valence-electron chi connectivity index (χ4n) is 5.74. The van der Waals surface area contributed by atoms with Gasteiger partial charge in [0, 0.05) is 21.1 Å². The summed E-state index contributed by atoms with van der Waals surface area (Å²) >= 11 is 9.82. The van der Waals surface area contributed by atoms with E-state index >= 15 is 0 Å². The molecule has 0 radical (unpaired) electrons. The number of hydrogen-bond acceptors (Lipinski definition) is 20. The lowest BCUT2D eigenvalue weighted by molar-refractivity contribution is -0.00261. The smallest absolute Gasteiger partial charge is 0.420 e. The summed E-state index contributed by atoms with van der Waals surface area (Å²) in [4.78, 5) is 101. The van der Waals surface area contributed by atoms with Gasteiger partial charge in [-0.15, -0.1) is 0 Å². The predicted molar refractivity (Wildman–Crippen MR) is 306 cm³/mol. The molecule has 4 N–H and O–H groups in total. The molecule has 0 aliphatic heterocycles. The molecule has 3 heterocycles. The molecule has 0 saturated heterocycles. The van der Waals surface area contributed by atoms with E-state index in [2.05, 4.69) is 68.8 Å². The van der Waals surface area contributed by atoms with Crippen LogP contribution >= 0.6 is 47.8 Å². The van der Waals surface area contributed by atoms with Gasteiger partial charge in [-0.25, -0.2) is 48.3 Å². The Labute approximate surface area is 499 Å². The summed E-state index contributed by atoms with van der Waals surface area (Å²) in [5.41, 5.74) is 6.47. The van der Waals surface area contributed by atoms with Crippen LogP contribution in [0.2, 0.25) is 0 Å². The first-order valence-electron chi connectivity index (χ1n) is 24.8. The fourth-order valence-corrected chi connectivity index (χ4v) is 7.57. The van der Waals surface area contributed by atoms with Crippen LogP contribution in [-0.2, 0) is 73.9 Å². The highest BCUT2D eigenvalue weighted by Gasteiger charge is 2.37. The first-order valence-corrected chi connectivity index (χ1v) is 27.2. The second kappa shape index (κ2) is 30.1. The monoisotopic (exact) mass is 1340 g/mol. The van der Waals surface area contributed by atoms with Crippen molar-refractivity contribution in [2.45, 2.75) is 185 Å². The standard InChI is InChI=1S/C18H28BrN3O6.C16H25BrN4O5.C16H23BrN4O4.CH5N/c1-9-26-14(23)13-12(19)11(20-21(13)8)10-22(15(24)27-17(2,3)4)16(25)28-18(5,6)7;1-15(2,3)25-13(23)21(14(24)26-16(4,5)6)8-9-10(17)11(12(18)22)20(7)19-9;1-15(2,3)24-13(22)21(14(23)25-16(4,5)6)9-10-12(17)11(8-18)20(7)19-10;1-2/h9-10H2,1-8H3;8H2,1-7H3,(H2,18,22);9H2,1-7H3;2H2,1H3. The zero-order valence-corrected chi connectivity index (χ0v) is 55.5. The van der Waals surface area contributed by atoms with Crippen LogP contribution in [-0.4, -0.2) is 140 Å². The van der Waals surface area contributed by atoms with Crippen LogP contribution in [0.4, 0.5) is 28.8 Å². The number of nitrogens with two attached hydrogens (primary N) is 2. The van der Waals surface area contributed by atoms with E-state index in [1.165, 1.54) is 28.1 Å². The van der Waals surface area contributed by atoms with Crippen molar-refractivity contribution in [1.29, 1.82) is 5.26 Å². The number of nitrogens with zero attached hydrogens (tertiary/aromatic N) is 10. The molecule has 3 rings (SSSR count). The number of carbonyl (C=O) groups excluding carboxylic acids is 8. The lowest BCUT2D eigenvalue weighted by atomic mass is 10.2. The van der Waals surface area contributed by atoms with E-state index in [1.807, 2.05) is 6.07 Å². The number of aromatic nitrogens is 6. The molecule has 7 amide bonds. The lowest BCUT2D eigenvalue weighted by Crippen LogP contribution is -2.43. The summed E-state index contributed by atoms with van der Waals surface area (Å²) in [5.74, 6) is -1.27. The molecule has 0 unspecified atom stereocenters. The lowest BCUT2D eigenvalue weighted by Gasteiger charge is -2.28. The summed E-state index contributed by atoms with van der Waals surface area (Å²) in [6.07, 6.45) is -5.22. The molecule has 0 fully saturated rings. The number of esters is 1. The number of primary amides is 1. The summed E-state index contributed by atoms with van der Waals surface area (Å²) in [6, 6.07) is 1.99. The molecule has 0 spiro atoms. The number of imide groups is 3. The average Bonchev–Trinajstić information content (AvgIpc) is 3.82. The largest absolute Gasteiger partial charge is 0.461 e. The molecule has 0 atom stereocenters. The molecule has 0 aliphatic carbocycles. The Morgan fingerprint density at radius 3 is 0.914 bits per heavy atom. The molecule has 3 aromatic heterocycles. The fraction of sp³-hybridized carbons (Fsp3) is 0.647. The van der Waals surface area contributed by atoms with Crippen molar-refractivity contribution in [1.82, 2.24) is 44.0 Å². The molecule has 0 aliphatic rings. The van der Waals surface area contributed by atoms with Crippen LogP contribution in [0.3, 0.4) is 0 Å². The Balaban J connectivity index is 0.00000117. The minimum atomic E-state index is -0.884. The van der Waals surface area contributed by atoms with Crippen molar-refractivity contribution >= 4 is 96.2 Å². The molecule has 27 nitrogen and oxygen atoms in total. The Bertz CT molecular complexity index is 2680. The maximum atomic E-state index is 12.6. The number of hydrogen-bond donors (Lipinski definition) is 2. The first-order chi connectivity index (χ1) is 36.5. The third-order valence-corrected chi connectivity index (χ3v) is 11.1. The molecule has 81 heavy (non-hydrogen) atoms. The average molecular weight is 1340 g/mol. The Hall–Kier alpha value is -6.32. The number of rotatable bonds is 9. The van der Waals surface area contributed by atoms with Gasteiger partial charge in [0.2, 0.25) is 0 Å². The van der Waals surface area contributed by atoms with Crippen LogP contribution in [0, 0.1) is 11.3 Å². The van der Waals surface area contributed by atoms with Gasteiger partial charge in [0.15, 0.2) is 11.4 Å². The van der Waals surface area contributed by atoms with Crippen molar-refractivity contribution in [3.05, 3.63) is 47.6 Å². The van der Waals surface area contributed by atoms with Crippen LogP contribution in [0.1, 0.15) is 175 Å². The van der Waals surface area contributed by atoms with Gasteiger partial charge >= 0.3 is 42.5 Å². The molecule has 0 saturated carbocycles. The second-order valence-electron chi connectivity index (χ2n) is 23.0. The maximum absolute atomic E-state index is 12.6. The van der Waals surface area contributed by atoms with Gasteiger partial charge in [-0.05, 0) is 186 Å². The predicted octanol–water partition coefficient (Wildman–Crippen LogP) is 10.3. The minimum absolute atomic E-state index is 0.119. The van der Waals surface area contributed by atoms with Gasteiger partial charge in [0.05, 0.1) is 56.7 Å². The number of halogens is 3. The van der Waals surface area contributed by atoms with Crippen molar-refractivity contribution in [2.24, 2.45) is 32.6 Å². The summed E-state index contributed by atoms with van der Waals surface area (Å²) < 4.78 is 41.7. The molecular formula is C51H81Br3N12O15. The van der Waals surface area contributed by atoms with E-state index < -0.39 is 82.0 Å². The Morgan fingerprint density at radius 1 is 0.469 bits per heavy atom. The minimum Gasteiger partial charge on any atom is -0.461 e. The van der Waals surface area contributed by atoms with Crippen molar-refractivity contribution in [3.8, 4) is 6.07 Å². The van der Waals surface area contributed by atoms with Crippen molar-refractivity contribution in [3.63, 3.8) is 0 Å². The number of carbonyl (C=O) groups is 8. The van der Waals surface area contributed by atoms with Gasteiger partial charge in [0.1, 0.15) is 45.4 Å². The zero-order valence-electron chi connectivity index (χ0n) is 50.7. The second-order valence-corrected chi connectivity index (χ2v) is 25.4. The van der Waals surface area contributed by atoms with E-state index in [0.29, 0.717) is 19.1 Å². The van der Waals surface area contributed by atoms with Crippen LogP contribution < -0.4 is 11.5 Å². The quantitative estimate of drug-likeness (QED) is 0.148. The number of aryl methyl sites for hydroxylation is 3. The van der Waals surface area contributed by atoms with Gasteiger partial charge < -0.3 is 44.6 Å². The SMILES string of the molecule is CCOC(=O)c1c(Br)c(CN(C(=O)OC(C)(C)C)C(=O)OC(C)(C)C)nn1C.CN.Cn1nc(CN(C(=O)OC(C)(C)C)C(=O)OC(C)(C)C)c(Br)c1C#N.Cn1nc(CN(C(=O)OC(C)(C)C)C(=O)OC(C)(C)C)c(Br)c1C(N)=O. The number of ether oxygens (including phenoxy) is 7. The van der Waals surface area contributed by atoms with E-state index in [0.717, 1.165) is 14.7 Å². The highest BCUT2D eigenvalue weighted by molar-refractivity contribution is 9.11. The summed E-state index contributed by atoms with van der Waals surface area (Å²) in [6.45, 7) is 31.6. The van der Waals surface area contributed by atoms with E-state index in [4.69, 9.17) is 44.2 Å². The van der Waals surface area contributed by atoms with E-state index in [1.54, 1.807) is 146 Å². The third kappa shape index (κ3) is 26.0. The highest BCUT2D eigenvalue weighted by Crippen LogP contribution is 2.28. The van der Waals surface area contributed by atoms with Gasteiger partial charge in [-0.3, -0.25) is 18.8 Å². The van der Waals surface area contributed by atoms with Crippen LogP contribution in [0.15, 0.2) is 13.4 Å². The van der Waals surface area contributed by atoms with E-state index in [-0.39, 0.29) is 54.7 Å². The van der Waals surface area contributed by atoms with Crippen LogP contribution in [0.5, 0.6) is 0 Å². The van der Waals surface area contributed by atoms with Gasteiger partial charge in [-0.1, -0.05) is 0 Å². The Kier molecular flexibility index (Phi) is 27.8. The van der Waals surface area contributed by atoms with Crippen molar-refractivity contribution < 1.29 is 71.5 Å². The molecular weight excluding hydrogens is 1260 g/mol. The molecule has 0 bridgehead atoms. The number of amides is 7. The third-order valence-electron chi connectivity index (χ3n) is 8.58. The molecule has 3 aromatic rings. The summed E-state index contributed by atoms with van der Waals surface area (Å²) in [5, 5.41) is 21.7. The van der Waals surface area contributed by atoms with Gasteiger partial charge in [0.25, 0.3) is 5.91 Å².